The summed E-state index contributed by atoms with van der Waals surface area (Å²) in [6.45, 7) is 4.36. The average molecular weight is 378 g/mol. The molecule has 2 aliphatic heterocycles. The zero-order valence-corrected chi connectivity index (χ0v) is 15.6. The molecule has 2 fully saturated rings. The van der Waals surface area contributed by atoms with Crippen LogP contribution in [0, 0.1) is 17.7 Å². The van der Waals surface area contributed by atoms with Gasteiger partial charge < -0.3 is 20.1 Å². The molecule has 7 heteroatoms. The van der Waals surface area contributed by atoms with Crippen LogP contribution < -0.4 is 5.32 Å². The standard InChI is InChI=1S/C20H27FN2O4/c1-14-10-15(18(24)25)12-23(11-14)19(26)22-13-20(6-8-27-9-7-20)16-2-4-17(21)5-3-16/h2-5,14-15H,6-13H2,1H3,(H,22,26)(H,24,25). The van der Waals surface area contributed by atoms with Crippen LogP contribution in [0.2, 0.25) is 0 Å². The van der Waals surface area contributed by atoms with Crippen molar-refractivity contribution in [2.75, 3.05) is 32.8 Å². The van der Waals surface area contributed by atoms with Gasteiger partial charge in [0.15, 0.2) is 0 Å². The van der Waals surface area contributed by atoms with Crippen LogP contribution in [0.3, 0.4) is 0 Å². The third-order valence-corrected chi connectivity index (χ3v) is 5.78. The van der Waals surface area contributed by atoms with Gasteiger partial charge in [-0.15, -0.1) is 0 Å². The number of carbonyl (C=O) groups is 2. The van der Waals surface area contributed by atoms with Gasteiger partial charge in [-0.3, -0.25) is 4.79 Å². The number of carbonyl (C=O) groups excluding carboxylic acids is 1. The van der Waals surface area contributed by atoms with E-state index in [1.165, 1.54) is 12.1 Å². The van der Waals surface area contributed by atoms with Gasteiger partial charge in [-0.25, -0.2) is 9.18 Å². The fourth-order valence-corrected chi connectivity index (χ4v) is 4.19. The second-order valence-electron chi connectivity index (χ2n) is 7.84. The van der Waals surface area contributed by atoms with E-state index in [-0.39, 0.29) is 29.7 Å². The quantitative estimate of drug-likeness (QED) is 0.844. The van der Waals surface area contributed by atoms with E-state index in [0.717, 1.165) is 18.4 Å². The molecule has 2 atom stereocenters. The van der Waals surface area contributed by atoms with Gasteiger partial charge in [0.25, 0.3) is 0 Å². The Morgan fingerprint density at radius 1 is 1.26 bits per heavy atom. The van der Waals surface area contributed by atoms with Crippen LogP contribution >= 0.6 is 0 Å². The molecule has 2 heterocycles. The number of aliphatic carboxylic acids is 1. The van der Waals surface area contributed by atoms with E-state index >= 15 is 0 Å². The molecule has 27 heavy (non-hydrogen) atoms. The molecular formula is C20H27FN2O4. The topological polar surface area (TPSA) is 78.9 Å². The minimum atomic E-state index is -0.855. The molecule has 6 nitrogen and oxygen atoms in total. The molecule has 1 aromatic carbocycles. The normalized spacial score (nSPS) is 25.0. The molecule has 1 aromatic rings. The Bertz CT molecular complexity index is 673. The van der Waals surface area contributed by atoms with Crippen molar-refractivity contribution in [2.45, 2.75) is 31.6 Å². The maximum atomic E-state index is 13.3. The molecule has 3 rings (SSSR count). The zero-order valence-electron chi connectivity index (χ0n) is 15.6. The summed E-state index contributed by atoms with van der Waals surface area (Å²) >= 11 is 0. The summed E-state index contributed by atoms with van der Waals surface area (Å²) in [5, 5.41) is 12.3. The lowest BCUT2D eigenvalue weighted by atomic mass is 9.74. The molecule has 148 valence electrons. The second-order valence-corrected chi connectivity index (χ2v) is 7.84. The van der Waals surface area contributed by atoms with Gasteiger partial charge in [0, 0.05) is 38.3 Å². The molecule has 0 saturated carbocycles. The number of amides is 2. The molecule has 2 N–H and O–H groups in total. The van der Waals surface area contributed by atoms with Gasteiger partial charge in [-0.1, -0.05) is 19.1 Å². The number of halogens is 1. The van der Waals surface area contributed by atoms with Crippen LogP contribution in [0.15, 0.2) is 24.3 Å². The summed E-state index contributed by atoms with van der Waals surface area (Å²) in [5.41, 5.74) is 0.692. The summed E-state index contributed by atoms with van der Waals surface area (Å²) in [4.78, 5) is 25.6. The number of hydrogen-bond donors (Lipinski definition) is 2. The highest BCUT2D eigenvalue weighted by Crippen LogP contribution is 2.34. The SMILES string of the molecule is CC1CC(C(=O)O)CN(C(=O)NCC2(c3ccc(F)cc3)CCOCC2)C1. The number of rotatable bonds is 4. The molecule has 2 aliphatic rings. The first-order chi connectivity index (χ1) is 12.9. The highest BCUT2D eigenvalue weighted by molar-refractivity contribution is 5.76. The van der Waals surface area contributed by atoms with E-state index in [1.54, 1.807) is 17.0 Å². The van der Waals surface area contributed by atoms with E-state index in [1.807, 2.05) is 6.92 Å². The maximum absolute atomic E-state index is 13.3. The largest absolute Gasteiger partial charge is 0.481 e. The number of ether oxygens (including phenoxy) is 1. The maximum Gasteiger partial charge on any atom is 0.317 e. The van der Waals surface area contributed by atoms with Crippen molar-refractivity contribution in [1.29, 1.82) is 0 Å². The van der Waals surface area contributed by atoms with Crippen molar-refractivity contribution in [1.82, 2.24) is 10.2 Å². The van der Waals surface area contributed by atoms with E-state index < -0.39 is 11.9 Å². The Kier molecular flexibility index (Phi) is 5.99. The van der Waals surface area contributed by atoms with Crippen molar-refractivity contribution in [3.05, 3.63) is 35.6 Å². The third-order valence-electron chi connectivity index (χ3n) is 5.78. The molecule has 0 aliphatic carbocycles. The van der Waals surface area contributed by atoms with Crippen molar-refractivity contribution in [3.63, 3.8) is 0 Å². The lowest BCUT2D eigenvalue weighted by Gasteiger charge is -2.39. The first-order valence-corrected chi connectivity index (χ1v) is 9.49. The molecule has 2 unspecified atom stereocenters. The third kappa shape index (κ3) is 4.58. The summed E-state index contributed by atoms with van der Waals surface area (Å²) in [7, 11) is 0. The summed E-state index contributed by atoms with van der Waals surface area (Å²) in [6, 6.07) is 6.20. The predicted octanol–water partition coefficient (Wildman–Crippen LogP) is 2.63. The fourth-order valence-electron chi connectivity index (χ4n) is 4.19. The number of hydrogen-bond acceptors (Lipinski definition) is 3. The molecule has 0 radical (unpaired) electrons. The number of carboxylic acids is 1. The first kappa shape index (κ1) is 19.6. The average Bonchev–Trinajstić information content (AvgIpc) is 2.67. The summed E-state index contributed by atoms with van der Waals surface area (Å²) in [6.07, 6.45) is 2.08. The number of nitrogens with one attached hydrogen (secondary N) is 1. The molecule has 0 aromatic heterocycles. The highest BCUT2D eigenvalue weighted by Gasteiger charge is 2.37. The van der Waals surface area contributed by atoms with Gasteiger partial charge in [0.2, 0.25) is 0 Å². The minimum Gasteiger partial charge on any atom is -0.481 e. The number of urea groups is 1. The van der Waals surface area contributed by atoms with Gasteiger partial charge in [-0.2, -0.15) is 0 Å². The Morgan fingerprint density at radius 2 is 1.93 bits per heavy atom. The smallest absolute Gasteiger partial charge is 0.317 e. The van der Waals surface area contributed by atoms with Crippen LogP contribution in [0.5, 0.6) is 0 Å². The highest BCUT2D eigenvalue weighted by atomic mass is 19.1. The second kappa shape index (κ2) is 8.25. The number of nitrogens with zero attached hydrogens (tertiary/aromatic N) is 1. The Balaban J connectivity index is 1.69. The van der Waals surface area contributed by atoms with Crippen LogP contribution in [0.25, 0.3) is 0 Å². The van der Waals surface area contributed by atoms with Crippen LogP contribution in [0.1, 0.15) is 31.7 Å². The molecular weight excluding hydrogens is 351 g/mol. The lowest BCUT2D eigenvalue weighted by molar-refractivity contribution is -0.143. The van der Waals surface area contributed by atoms with E-state index in [9.17, 15) is 19.1 Å². The number of benzene rings is 1. The van der Waals surface area contributed by atoms with Gasteiger partial charge >= 0.3 is 12.0 Å². The van der Waals surface area contributed by atoms with E-state index in [4.69, 9.17) is 4.74 Å². The van der Waals surface area contributed by atoms with Crippen LogP contribution in [0.4, 0.5) is 9.18 Å². The zero-order chi connectivity index (χ0) is 19.4. The number of likely N-dealkylation sites (tertiary alicyclic amines) is 1. The number of carboxylic acid groups (broad SMARTS) is 1. The van der Waals surface area contributed by atoms with Gasteiger partial charge in [0.1, 0.15) is 5.82 Å². The van der Waals surface area contributed by atoms with Gasteiger partial charge in [0.05, 0.1) is 5.92 Å². The van der Waals surface area contributed by atoms with Crippen LogP contribution in [-0.2, 0) is 14.9 Å². The lowest BCUT2D eigenvalue weighted by Crippen LogP contribution is -2.52. The Morgan fingerprint density at radius 3 is 2.56 bits per heavy atom. The Hall–Kier alpha value is -2.15. The fraction of sp³-hybridized carbons (Fsp3) is 0.600. The molecule has 0 spiro atoms. The molecule has 2 saturated heterocycles. The van der Waals surface area contributed by atoms with Crippen molar-refractivity contribution >= 4 is 12.0 Å². The number of piperidine rings is 1. The summed E-state index contributed by atoms with van der Waals surface area (Å²) < 4.78 is 18.8. The van der Waals surface area contributed by atoms with Crippen LogP contribution in [-0.4, -0.2) is 54.9 Å². The minimum absolute atomic E-state index is 0.153. The van der Waals surface area contributed by atoms with Gasteiger partial charge in [-0.05, 0) is 42.9 Å². The monoisotopic (exact) mass is 378 g/mol. The van der Waals surface area contributed by atoms with Crippen molar-refractivity contribution in [2.24, 2.45) is 11.8 Å². The molecule has 0 bridgehead atoms. The summed E-state index contributed by atoms with van der Waals surface area (Å²) in [5.74, 6) is -1.51. The predicted molar refractivity (Wildman–Crippen MR) is 98.0 cm³/mol. The van der Waals surface area contributed by atoms with E-state index in [0.29, 0.717) is 32.7 Å². The van der Waals surface area contributed by atoms with Crippen molar-refractivity contribution in [3.8, 4) is 0 Å². The van der Waals surface area contributed by atoms with Crippen molar-refractivity contribution < 1.29 is 23.8 Å². The van der Waals surface area contributed by atoms with E-state index in [2.05, 4.69) is 5.32 Å². The molecule has 2 amide bonds. The first-order valence-electron chi connectivity index (χ1n) is 9.49. The Labute approximate surface area is 158 Å².